The second-order valence-electron chi connectivity index (χ2n) is 4.48. The van der Waals surface area contributed by atoms with E-state index in [1.165, 1.54) is 7.11 Å². The molecule has 0 radical (unpaired) electrons. The maximum atomic E-state index is 11.3. The number of quaternary nitrogens is 1. The van der Waals surface area contributed by atoms with Gasteiger partial charge in [-0.25, -0.2) is 4.79 Å². The van der Waals surface area contributed by atoms with Crippen molar-refractivity contribution in [2.24, 2.45) is 0 Å². The second-order valence-corrected chi connectivity index (χ2v) is 4.48. The highest BCUT2D eigenvalue weighted by molar-refractivity contribution is 5.86. The summed E-state index contributed by atoms with van der Waals surface area (Å²) >= 11 is 0. The zero-order chi connectivity index (χ0) is 13.1. The third-order valence-corrected chi connectivity index (χ3v) is 3.80. The van der Waals surface area contributed by atoms with Crippen LogP contribution in [-0.2, 0) is 4.74 Å². The molecule has 0 N–H and O–H groups in total. The van der Waals surface area contributed by atoms with Crippen LogP contribution < -0.4 is 0 Å². The quantitative estimate of drug-likeness (QED) is 0.586. The molecule has 0 saturated carbocycles. The number of methoxy groups -OCH3 is 1. The van der Waals surface area contributed by atoms with Crippen molar-refractivity contribution < 1.29 is 18.4 Å². The van der Waals surface area contributed by atoms with Gasteiger partial charge in [-0.2, -0.15) is 0 Å². The van der Waals surface area contributed by atoms with Gasteiger partial charge in [-0.3, -0.25) is 0 Å². The molecule has 17 heavy (non-hydrogen) atoms. The van der Waals surface area contributed by atoms with Crippen LogP contribution in [0.1, 0.15) is 43.1 Å². The summed E-state index contributed by atoms with van der Waals surface area (Å²) in [5.41, 5.74) is 0. The third-order valence-electron chi connectivity index (χ3n) is 3.80. The highest BCUT2D eigenvalue weighted by Crippen LogP contribution is 2.27. The first-order valence-corrected chi connectivity index (χ1v) is 6.00. The normalized spacial score (nSPS) is 13.5. The molecule has 0 fully saturated rings. The Balaban J connectivity index is 2.93. The Bertz CT molecular complexity index is 380. The highest BCUT2D eigenvalue weighted by atomic mass is 16.5. The molecular weight excluding hydrogens is 218 g/mol. The van der Waals surface area contributed by atoms with Crippen molar-refractivity contribution in [1.29, 1.82) is 0 Å². The number of ether oxygens (including phenoxy) is 1. The van der Waals surface area contributed by atoms with Gasteiger partial charge in [0.25, 0.3) is 0 Å². The predicted molar refractivity (Wildman–Crippen MR) is 65.7 cm³/mol. The van der Waals surface area contributed by atoms with Gasteiger partial charge in [0.15, 0.2) is 5.76 Å². The van der Waals surface area contributed by atoms with Gasteiger partial charge < -0.3 is 13.6 Å². The Morgan fingerprint density at radius 1 is 1.41 bits per heavy atom. The van der Waals surface area contributed by atoms with Gasteiger partial charge >= 0.3 is 5.97 Å². The first kappa shape index (κ1) is 13.8. The van der Waals surface area contributed by atoms with Crippen LogP contribution in [-0.4, -0.2) is 37.7 Å². The van der Waals surface area contributed by atoms with Crippen LogP contribution in [0, 0.1) is 0 Å². The summed E-state index contributed by atoms with van der Waals surface area (Å²) in [7, 11) is 3.54. The van der Waals surface area contributed by atoms with Gasteiger partial charge in [-0.15, -0.1) is 0 Å². The van der Waals surface area contributed by atoms with Crippen LogP contribution in [0.3, 0.4) is 0 Å². The fourth-order valence-corrected chi connectivity index (χ4v) is 1.87. The molecule has 1 atom stereocenters. The molecule has 0 aliphatic rings. The zero-order valence-corrected chi connectivity index (χ0v) is 11.3. The van der Waals surface area contributed by atoms with Crippen LogP contribution in [0.5, 0.6) is 0 Å². The molecule has 1 heterocycles. The summed E-state index contributed by atoms with van der Waals surface area (Å²) in [6.45, 7) is 8.47. The number of nitrogens with zero attached hydrogens (tertiary/aromatic N) is 1. The first-order chi connectivity index (χ1) is 7.98. The molecule has 96 valence electrons. The Morgan fingerprint density at radius 3 is 2.47 bits per heavy atom. The minimum Gasteiger partial charge on any atom is -0.463 e. The summed E-state index contributed by atoms with van der Waals surface area (Å²) in [5, 5.41) is 0. The van der Waals surface area contributed by atoms with Crippen molar-refractivity contribution in [2.75, 3.05) is 27.2 Å². The SMILES string of the molecule is CC[N+](C)(CC)[C@@H](C)c1ccc(C(=O)OC)o1. The van der Waals surface area contributed by atoms with Gasteiger partial charge in [0.1, 0.15) is 6.04 Å². The molecule has 0 spiro atoms. The van der Waals surface area contributed by atoms with Gasteiger partial charge in [-0.1, -0.05) is 0 Å². The van der Waals surface area contributed by atoms with Crippen molar-refractivity contribution in [3.63, 3.8) is 0 Å². The first-order valence-electron chi connectivity index (χ1n) is 6.00. The van der Waals surface area contributed by atoms with Gasteiger partial charge in [0.2, 0.25) is 5.76 Å². The van der Waals surface area contributed by atoms with E-state index in [4.69, 9.17) is 4.42 Å². The summed E-state index contributed by atoms with van der Waals surface area (Å²) in [6.07, 6.45) is 0. The molecule has 4 nitrogen and oxygen atoms in total. The minimum atomic E-state index is -0.425. The molecular formula is C13H22NO3+. The summed E-state index contributed by atoms with van der Waals surface area (Å²) < 4.78 is 11.1. The maximum Gasteiger partial charge on any atom is 0.373 e. The third kappa shape index (κ3) is 2.69. The van der Waals surface area contributed by atoms with Crippen molar-refractivity contribution in [2.45, 2.75) is 26.8 Å². The number of rotatable bonds is 5. The van der Waals surface area contributed by atoms with Crippen LogP contribution in [0.25, 0.3) is 0 Å². The lowest BCUT2D eigenvalue weighted by molar-refractivity contribution is -0.935. The van der Waals surface area contributed by atoms with Gasteiger partial charge in [0, 0.05) is 0 Å². The Kier molecular flexibility index (Phi) is 4.34. The van der Waals surface area contributed by atoms with Crippen molar-refractivity contribution in [3.8, 4) is 0 Å². The largest absolute Gasteiger partial charge is 0.463 e. The molecule has 1 aromatic rings. The van der Waals surface area contributed by atoms with E-state index in [9.17, 15) is 4.79 Å². The lowest BCUT2D eigenvalue weighted by Gasteiger charge is -2.37. The van der Waals surface area contributed by atoms with E-state index < -0.39 is 5.97 Å². The van der Waals surface area contributed by atoms with Gasteiger partial charge in [0.05, 0.1) is 27.2 Å². The van der Waals surface area contributed by atoms with E-state index in [2.05, 4.69) is 32.6 Å². The number of carbonyl (C=O) groups excluding carboxylic acids is 1. The van der Waals surface area contributed by atoms with E-state index >= 15 is 0 Å². The molecule has 0 aliphatic carbocycles. The van der Waals surface area contributed by atoms with Gasteiger partial charge in [-0.05, 0) is 32.9 Å². The Labute approximate surface area is 103 Å². The molecule has 1 rings (SSSR count). The minimum absolute atomic E-state index is 0.225. The number of carbonyl (C=O) groups is 1. The fraction of sp³-hybridized carbons (Fsp3) is 0.615. The molecule has 1 aromatic heterocycles. The van der Waals surface area contributed by atoms with Crippen LogP contribution in [0.4, 0.5) is 0 Å². The predicted octanol–water partition coefficient (Wildman–Crippen LogP) is 2.61. The van der Waals surface area contributed by atoms with Crippen molar-refractivity contribution in [1.82, 2.24) is 0 Å². The lowest BCUT2D eigenvalue weighted by Crippen LogP contribution is -2.45. The van der Waals surface area contributed by atoms with Crippen LogP contribution in [0.15, 0.2) is 16.5 Å². The molecule has 0 unspecified atom stereocenters. The smallest absolute Gasteiger partial charge is 0.373 e. The molecule has 0 amide bonds. The summed E-state index contributed by atoms with van der Waals surface area (Å²) in [5.74, 6) is 0.676. The average Bonchev–Trinajstić information content (AvgIpc) is 2.85. The average molecular weight is 240 g/mol. The topological polar surface area (TPSA) is 39.4 Å². The number of furan rings is 1. The monoisotopic (exact) mass is 240 g/mol. The fourth-order valence-electron chi connectivity index (χ4n) is 1.87. The van der Waals surface area contributed by atoms with Crippen LogP contribution >= 0.6 is 0 Å². The second kappa shape index (κ2) is 5.36. The van der Waals surface area contributed by atoms with E-state index in [-0.39, 0.29) is 11.8 Å². The summed E-state index contributed by atoms with van der Waals surface area (Å²) in [6, 6.07) is 3.76. The Hall–Kier alpha value is -1.29. The van der Waals surface area contributed by atoms with Crippen LogP contribution in [0.2, 0.25) is 0 Å². The van der Waals surface area contributed by atoms with Crippen molar-refractivity contribution in [3.05, 3.63) is 23.7 Å². The molecule has 0 bridgehead atoms. The van der Waals surface area contributed by atoms with E-state index in [0.717, 1.165) is 23.3 Å². The maximum absolute atomic E-state index is 11.3. The number of esters is 1. The summed E-state index contributed by atoms with van der Waals surface area (Å²) in [4.78, 5) is 11.3. The van der Waals surface area contributed by atoms with E-state index in [1.807, 2.05) is 6.07 Å². The Morgan fingerprint density at radius 2 is 2.00 bits per heavy atom. The lowest BCUT2D eigenvalue weighted by atomic mass is 10.2. The standard InChI is InChI=1S/C13H22NO3/c1-6-14(4,7-2)10(3)11-8-9-12(17-11)13(15)16-5/h8-10H,6-7H2,1-5H3/q+1/t10-/m0/s1. The molecule has 0 aliphatic heterocycles. The molecule has 4 heteroatoms. The van der Waals surface area contributed by atoms with E-state index in [1.54, 1.807) is 6.07 Å². The van der Waals surface area contributed by atoms with E-state index in [0.29, 0.717) is 0 Å². The zero-order valence-electron chi connectivity index (χ0n) is 11.3. The number of hydrogen-bond acceptors (Lipinski definition) is 3. The molecule has 0 aromatic carbocycles. The van der Waals surface area contributed by atoms with Crippen molar-refractivity contribution >= 4 is 5.97 Å². The highest BCUT2D eigenvalue weighted by Gasteiger charge is 2.30. The molecule has 0 saturated heterocycles. The number of hydrogen-bond donors (Lipinski definition) is 0.